The molecule has 1 saturated carbocycles. The molecule has 2 rings (SSSR count). The molecule has 0 saturated heterocycles. The zero-order chi connectivity index (χ0) is 16.7. The maximum Gasteiger partial charge on any atom is 0.331 e. The lowest BCUT2D eigenvalue weighted by molar-refractivity contribution is -0.148. The minimum absolute atomic E-state index is 0.148. The molecule has 1 aromatic rings. The number of amides is 1. The van der Waals surface area contributed by atoms with E-state index in [1.165, 1.54) is 12.5 Å². The third-order valence-electron chi connectivity index (χ3n) is 4.14. The fraction of sp³-hybridized carbons (Fsp3) is 0.444. The molecule has 0 spiro atoms. The second kappa shape index (κ2) is 8.73. The van der Waals surface area contributed by atoms with Crippen molar-refractivity contribution >= 4 is 29.6 Å². The summed E-state index contributed by atoms with van der Waals surface area (Å²) in [5.74, 6) is -0.671. The first-order valence-corrected chi connectivity index (χ1v) is 8.30. The SMILES string of the molecule is CN(C(=O)COC(=O)C=Cc1ccc(Cl)cc1)C1CCCCC1. The van der Waals surface area contributed by atoms with Crippen molar-refractivity contribution in [2.45, 2.75) is 38.1 Å². The maximum absolute atomic E-state index is 12.1. The minimum atomic E-state index is -0.523. The molecule has 0 unspecified atom stereocenters. The largest absolute Gasteiger partial charge is 0.452 e. The first-order chi connectivity index (χ1) is 11.1. The molecule has 0 atom stereocenters. The Morgan fingerprint density at radius 1 is 1.22 bits per heavy atom. The highest BCUT2D eigenvalue weighted by Crippen LogP contribution is 2.21. The van der Waals surface area contributed by atoms with E-state index in [1.807, 2.05) is 0 Å². The van der Waals surface area contributed by atoms with Crippen molar-refractivity contribution in [3.63, 3.8) is 0 Å². The summed E-state index contributed by atoms with van der Waals surface area (Å²) in [5.41, 5.74) is 0.844. The summed E-state index contributed by atoms with van der Waals surface area (Å²) < 4.78 is 5.02. The molecule has 4 nitrogen and oxygen atoms in total. The van der Waals surface area contributed by atoms with Crippen molar-refractivity contribution in [2.75, 3.05) is 13.7 Å². The van der Waals surface area contributed by atoms with Crippen LogP contribution in [-0.2, 0) is 14.3 Å². The van der Waals surface area contributed by atoms with Gasteiger partial charge in [-0.05, 0) is 36.6 Å². The van der Waals surface area contributed by atoms with Crippen LogP contribution >= 0.6 is 11.6 Å². The molecule has 0 aliphatic heterocycles. The highest BCUT2D eigenvalue weighted by Gasteiger charge is 2.22. The molecule has 0 bridgehead atoms. The molecule has 124 valence electrons. The number of carbonyl (C=O) groups excluding carboxylic acids is 2. The fourth-order valence-corrected chi connectivity index (χ4v) is 2.82. The smallest absolute Gasteiger partial charge is 0.331 e. The van der Waals surface area contributed by atoms with Crippen molar-refractivity contribution in [3.8, 4) is 0 Å². The number of carbonyl (C=O) groups is 2. The summed E-state index contributed by atoms with van der Waals surface area (Å²) in [6.45, 7) is -0.212. The van der Waals surface area contributed by atoms with Crippen molar-refractivity contribution in [1.82, 2.24) is 4.90 Å². The van der Waals surface area contributed by atoms with Gasteiger partial charge in [0, 0.05) is 24.2 Å². The first-order valence-electron chi connectivity index (χ1n) is 7.92. The summed E-state index contributed by atoms with van der Waals surface area (Å²) in [4.78, 5) is 25.5. The van der Waals surface area contributed by atoms with Gasteiger partial charge in [0.1, 0.15) is 0 Å². The fourth-order valence-electron chi connectivity index (χ4n) is 2.69. The van der Waals surface area contributed by atoms with Crippen molar-refractivity contribution in [2.24, 2.45) is 0 Å². The van der Waals surface area contributed by atoms with E-state index in [9.17, 15) is 9.59 Å². The second-order valence-electron chi connectivity index (χ2n) is 5.79. The molecule has 1 aliphatic carbocycles. The lowest BCUT2D eigenvalue weighted by Gasteiger charge is -2.31. The van der Waals surface area contributed by atoms with Crippen molar-refractivity contribution in [1.29, 1.82) is 0 Å². The van der Waals surface area contributed by atoms with Crippen molar-refractivity contribution < 1.29 is 14.3 Å². The normalized spacial score (nSPS) is 15.6. The standard InChI is InChI=1S/C18H22ClNO3/c1-20(16-5-3-2-4-6-16)17(21)13-23-18(22)12-9-14-7-10-15(19)11-8-14/h7-12,16H,2-6,13H2,1H3. The number of rotatable bonds is 5. The summed E-state index contributed by atoms with van der Waals surface area (Å²) in [5, 5.41) is 0.640. The second-order valence-corrected chi connectivity index (χ2v) is 6.23. The van der Waals surface area contributed by atoms with Gasteiger partial charge in [0.15, 0.2) is 6.61 Å². The Hall–Kier alpha value is -1.81. The lowest BCUT2D eigenvalue weighted by Crippen LogP contribution is -2.40. The van der Waals surface area contributed by atoms with Crippen LogP contribution in [0.25, 0.3) is 6.08 Å². The third kappa shape index (κ3) is 5.71. The Kier molecular flexibility index (Phi) is 6.66. The molecule has 1 aromatic carbocycles. The Morgan fingerprint density at radius 3 is 2.52 bits per heavy atom. The van der Waals surface area contributed by atoms with E-state index >= 15 is 0 Å². The number of ether oxygens (including phenoxy) is 1. The summed E-state index contributed by atoms with van der Waals surface area (Å²) >= 11 is 5.79. The molecule has 0 N–H and O–H groups in total. The maximum atomic E-state index is 12.1. The summed E-state index contributed by atoms with van der Waals surface area (Å²) in [6, 6.07) is 7.37. The van der Waals surface area contributed by atoms with E-state index < -0.39 is 5.97 Å². The number of nitrogens with zero attached hydrogens (tertiary/aromatic N) is 1. The predicted octanol–water partition coefficient (Wildman–Crippen LogP) is 3.69. The van der Waals surface area contributed by atoms with Crippen LogP contribution in [0, 0.1) is 0 Å². The van der Waals surface area contributed by atoms with E-state index in [0.29, 0.717) is 5.02 Å². The van der Waals surface area contributed by atoms with E-state index in [-0.39, 0.29) is 18.6 Å². The van der Waals surface area contributed by atoms with Gasteiger partial charge in [-0.1, -0.05) is 43.0 Å². The van der Waals surface area contributed by atoms with Gasteiger partial charge in [-0.2, -0.15) is 0 Å². The van der Waals surface area contributed by atoms with Crippen LogP contribution in [0.15, 0.2) is 30.3 Å². The number of esters is 1. The number of hydrogen-bond acceptors (Lipinski definition) is 3. The Labute approximate surface area is 142 Å². The Bertz CT molecular complexity index is 562. The van der Waals surface area contributed by atoms with Crippen LogP contribution in [0.4, 0.5) is 0 Å². The summed E-state index contributed by atoms with van der Waals surface area (Å²) in [6.07, 6.45) is 8.57. The monoisotopic (exact) mass is 335 g/mol. The highest BCUT2D eigenvalue weighted by molar-refractivity contribution is 6.30. The predicted molar refractivity (Wildman–Crippen MR) is 91.1 cm³/mol. The van der Waals surface area contributed by atoms with Gasteiger partial charge in [0.25, 0.3) is 5.91 Å². The Morgan fingerprint density at radius 2 is 1.87 bits per heavy atom. The molecular formula is C18H22ClNO3. The van der Waals surface area contributed by atoms with Crippen LogP contribution < -0.4 is 0 Å². The summed E-state index contributed by atoms with van der Waals surface area (Å²) in [7, 11) is 1.79. The topological polar surface area (TPSA) is 46.6 Å². The van der Waals surface area contributed by atoms with Crippen molar-refractivity contribution in [3.05, 3.63) is 40.9 Å². The van der Waals surface area contributed by atoms with Crippen LogP contribution in [0.3, 0.4) is 0 Å². The van der Waals surface area contributed by atoms with Crippen LogP contribution in [0.1, 0.15) is 37.7 Å². The van der Waals surface area contributed by atoms with Gasteiger partial charge in [-0.3, -0.25) is 4.79 Å². The van der Waals surface area contributed by atoms with Gasteiger partial charge >= 0.3 is 5.97 Å². The zero-order valence-corrected chi connectivity index (χ0v) is 14.1. The molecule has 1 aliphatic rings. The van der Waals surface area contributed by atoms with E-state index in [1.54, 1.807) is 42.3 Å². The van der Waals surface area contributed by atoms with Gasteiger partial charge in [-0.25, -0.2) is 4.79 Å². The zero-order valence-electron chi connectivity index (χ0n) is 13.3. The average molecular weight is 336 g/mol. The van der Waals surface area contributed by atoms with Crippen LogP contribution in [0.2, 0.25) is 5.02 Å². The molecular weight excluding hydrogens is 314 g/mol. The molecule has 0 heterocycles. The molecule has 0 radical (unpaired) electrons. The van der Waals surface area contributed by atoms with E-state index in [2.05, 4.69) is 0 Å². The minimum Gasteiger partial charge on any atom is -0.452 e. The van der Waals surface area contributed by atoms with Gasteiger partial charge in [-0.15, -0.1) is 0 Å². The highest BCUT2D eigenvalue weighted by atomic mass is 35.5. The number of hydrogen-bond donors (Lipinski definition) is 0. The first kappa shape index (κ1) is 17.5. The molecule has 23 heavy (non-hydrogen) atoms. The van der Waals surface area contributed by atoms with Crippen LogP contribution in [-0.4, -0.2) is 36.5 Å². The van der Waals surface area contributed by atoms with E-state index in [0.717, 1.165) is 31.2 Å². The van der Waals surface area contributed by atoms with Crippen LogP contribution in [0.5, 0.6) is 0 Å². The molecule has 1 amide bonds. The van der Waals surface area contributed by atoms with Gasteiger partial charge in [0.2, 0.25) is 0 Å². The van der Waals surface area contributed by atoms with Gasteiger partial charge in [0.05, 0.1) is 0 Å². The number of benzene rings is 1. The lowest BCUT2D eigenvalue weighted by atomic mass is 9.94. The van der Waals surface area contributed by atoms with E-state index in [4.69, 9.17) is 16.3 Å². The number of likely N-dealkylation sites (N-methyl/N-ethyl adjacent to an activating group) is 1. The Balaban J connectivity index is 1.76. The average Bonchev–Trinajstić information content (AvgIpc) is 2.59. The van der Waals surface area contributed by atoms with Gasteiger partial charge < -0.3 is 9.64 Å². The molecule has 1 fully saturated rings. The quantitative estimate of drug-likeness (QED) is 0.609. The number of halogens is 1. The molecule has 0 aromatic heterocycles. The molecule has 5 heteroatoms. The third-order valence-corrected chi connectivity index (χ3v) is 4.39.